The first-order valence-corrected chi connectivity index (χ1v) is 11.3. The summed E-state index contributed by atoms with van der Waals surface area (Å²) in [5.41, 5.74) is 2.70. The van der Waals surface area contributed by atoms with Crippen molar-refractivity contribution < 1.29 is 18.8 Å². The third-order valence-corrected chi connectivity index (χ3v) is 6.66. The van der Waals surface area contributed by atoms with E-state index in [0.717, 1.165) is 37.8 Å². The van der Waals surface area contributed by atoms with Crippen LogP contribution >= 0.6 is 0 Å². The van der Waals surface area contributed by atoms with Crippen molar-refractivity contribution in [3.05, 3.63) is 29.3 Å². The number of likely N-dealkylation sites (tertiary alicyclic amines) is 1. The smallest absolute Gasteiger partial charge is 0.444 e. The van der Waals surface area contributed by atoms with Gasteiger partial charge in [-0.25, -0.2) is 4.79 Å². The van der Waals surface area contributed by atoms with E-state index in [1.165, 1.54) is 11.1 Å². The first-order valence-electron chi connectivity index (χ1n) is 11.3. The van der Waals surface area contributed by atoms with Gasteiger partial charge in [0.1, 0.15) is 5.60 Å². The maximum atomic E-state index is 12.4. The molecule has 30 heavy (non-hydrogen) atoms. The lowest BCUT2D eigenvalue weighted by atomic mass is 9.75. The van der Waals surface area contributed by atoms with Crippen LogP contribution in [0.3, 0.4) is 0 Å². The zero-order chi connectivity index (χ0) is 22.3. The molecule has 1 aromatic rings. The number of hydrogen-bond donors (Lipinski definition) is 0. The fourth-order valence-corrected chi connectivity index (χ4v) is 4.16. The summed E-state index contributed by atoms with van der Waals surface area (Å²) >= 11 is 0. The summed E-state index contributed by atoms with van der Waals surface area (Å²) in [4.78, 5) is 14.2. The highest BCUT2D eigenvalue weighted by Crippen LogP contribution is 2.37. The number of piperidine rings is 1. The minimum Gasteiger partial charge on any atom is -0.444 e. The van der Waals surface area contributed by atoms with Crippen molar-refractivity contribution in [3.8, 4) is 0 Å². The number of amides is 1. The fourth-order valence-electron chi connectivity index (χ4n) is 4.16. The number of aryl methyl sites for hydroxylation is 1. The minimum atomic E-state index is -0.452. The summed E-state index contributed by atoms with van der Waals surface area (Å²) in [6, 6.07) is 6.64. The van der Waals surface area contributed by atoms with E-state index in [0.29, 0.717) is 5.92 Å². The van der Waals surface area contributed by atoms with E-state index in [9.17, 15) is 4.79 Å². The van der Waals surface area contributed by atoms with Crippen LogP contribution in [0.1, 0.15) is 85.3 Å². The van der Waals surface area contributed by atoms with Crippen molar-refractivity contribution in [3.63, 3.8) is 0 Å². The molecule has 0 N–H and O–H groups in total. The van der Waals surface area contributed by atoms with E-state index >= 15 is 0 Å². The van der Waals surface area contributed by atoms with Crippen LogP contribution in [-0.2, 0) is 20.5 Å². The maximum Gasteiger partial charge on any atom is 0.494 e. The molecule has 2 fully saturated rings. The second-order valence-corrected chi connectivity index (χ2v) is 10.6. The van der Waals surface area contributed by atoms with Gasteiger partial charge in [-0.2, -0.15) is 0 Å². The van der Waals surface area contributed by atoms with E-state index in [1.807, 2.05) is 25.7 Å². The number of hydrogen-bond acceptors (Lipinski definition) is 4. The van der Waals surface area contributed by atoms with Gasteiger partial charge in [0.2, 0.25) is 0 Å². The normalized spacial score (nSPS) is 21.7. The van der Waals surface area contributed by atoms with Gasteiger partial charge < -0.3 is 18.9 Å². The molecule has 166 valence electrons. The van der Waals surface area contributed by atoms with E-state index in [4.69, 9.17) is 14.0 Å². The summed E-state index contributed by atoms with van der Waals surface area (Å²) < 4.78 is 18.0. The Labute approximate surface area is 182 Å². The summed E-state index contributed by atoms with van der Waals surface area (Å²) in [6.07, 6.45) is 2.69. The van der Waals surface area contributed by atoms with Gasteiger partial charge in [-0.3, -0.25) is 0 Å². The lowest BCUT2D eigenvalue weighted by molar-refractivity contribution is 0.00578. The fraction of sp³-hybridized carbons (Fsp3) is 0.708. The monoisotopic (exact) mass is 415 g/mol. The highest BCUT2D eigenvalue weighted by molar-refractivity contribution is 6.62. The molecule has 6 heteroatoms. The van der Waals surface area contributed by atoms with Crippen LogP contribution in [0.25, 0.3) is 0 Å². The molecule has 0 aliphatic carbocycles. The van der Waals surface area contributed by atoms with Crippen molar-refractivity contribution in [2.45, 2.75) is 97.4 Å². The lowest BCUT2D eigenvalue weighted by Crippen LogP contribution is -2.41. The molecule has 0 saturated carbocycles. The van der Waals surface area contributed by atoms with Crippen LogP contribution in [0.4, 0.5) is 4.79 Å². The van der Waals surface area contributed by atoms with Crippen LogP contribution < -0.4 is 5.46 Å². The SMILES string of the molecule is CCc1cc(B2OC(C)(C)C(C)(C)O2)ccc1C1CCN(C(=O)OC(C)(C)C)CC1. The van der Waals surface area contributed by atoms with Gasteiger partial charge in [-0.15, -0.1) is 0 Å². The van der Waals surface area contributed by atoms with Gasteiger partial charge in [0.25, 0.3) is 0 Å². The van der Waals surface area contributed by atoms with Gasteiger partial charge in [-0.1, -0.05) is 25.1 Å². The van der Waals surface area contributed by atoms with Gasteiger partial charge in [0, 0.05) is 13.1 Å². The molecule has 0 spiro atoms. The zero-order valence-electron chi connectivity index (χ0n) is 20.0. The predicted octanol–water partition coefficient (Wildman–Crippen LogP) is 4.66. The largest absolute Gasteiger partial charge is 0.494 e. The Kier molecular flexibility index (Phi) is 6.32. The average Bonchev–Trinajstić information content (AvgIpc) is 2.87. The lowest BCUT2D eigenvalue weighted by Gasteiger charge is -2.34. The highest BCUT2D eigenvalue weighted by Gasteiger charge is 2.51. The molecular formula is C24H38BNO4. The average molecular weight is 415 g/mol. The van der Waals surface area contributed by atoms with Gasteiger partial charge in [0.05, 0.1) is 11.2 Å². The predicted molar refractivity (Wildman–Crippen MR) is 121 cm³/mol. The van der Waals surface area contributed by atoms with Crippen LogP contribution in [0.2, 0.25) is 0 Å². The molecular weight excluding hydrogens is 377 g/mol. The Morgan fingerprint density at radius 2 is 1.70 bits per heavy atom. The number of carbonyl (C=O) groups excluding carboxylic acids is 1. The van der Waals surface area contributed by atoms with Gasteiger partial charge >= 0.3 is 13.2 Å². The zero-order valence-corrected chi connectivity index (χ0v) is 20.0. The molecule has 0 aromatic heterocycles. The number of nitrogens with zero attached hydrogens (tertiary/aromatic N) is 1. The van der Waals surface area contributed by atoms with Crippen LogP contribution in [0.5, 0.6) is 0 Å². The molecule has 2 saturated heterocycles. The number of rotatable bonds is 3. The van der Waals surface area contributed by atoms with Crippen LogP contribution in [0, 0.1) is 0 Å². The Balaban J connectivity index is 1.69. The van der Waals surface area contributed by atoms with E-state index < -0.39 is 5.60 Å². The molecule has 3 rings (SSSR count). The summed E-state index contributed by atoms with van der Waals surface area (Å²) in [5, 5.41) is 0. The third kappa shape index (κ3) is 4.86. The van der Waals surface area contributed by atoms with E-state index in [1.54, 1.807) is 0 Å². The number of ether oxygens (including phenoxy) is 1. The van der Waals surface area contributed by atoms with E-state index in [2.05, 4.69) is 52.8 Å². The van der Waals surface area contributed by atoms with Crippen LogP contribution in [-0.4, -0.2) is 48.0 Å². The topological polar surface area (TPSA) is 48.0 Å². The van der Waals surface area contributed by atoms with E-state index in [-0.39, 0.29) is 24.4 Å². The quantitative estimate of drug-likeness (QED) is 0.674. The Morgan fingerprint density at radius 3 is 2.20 bits per heavy atom. The Bertz CT molecular complexity index is 760. The first kappa shape index (κ1) is 23.1. The number of carbonyl (C=O) groups is 1. The summed E-state index contributed by atoms with van der Waals surface area (Å²) in [6.45, 7) is 17.7. The Morgan fingerprint density at radius 1 is 1.13 bits per heavy atom. The standard InChI is InChI=1S/C24H38BNO4/c1-9-17-16-19(25-29-23(5,6)24(7,8)30-25)10-11-20(17)18-12-14-26(15-13-18)21(27)28-22(2,3)4/h10-11,16,18H,9,12-15H2,1-8H3. The molecule has 2 aliphatic rings. The number of benzene rings is 1. The molecule has 5 nitrogen and oxygen atoms in total. The van der Waals surface area contributed by atoms with Crippen molar-refractivity contribution in [2.24, 2.45) is 0 Å². The second kappa shape index (κ2) is 8.20. The second-order valence-electron chi connectivity index (χ2n) is 10.6. The van der Waals surface area contributed by atoms with Crippen molar-refractivity contribution in [1.29, 1.82) is 0 Å². The molecule has 2 heterocycles. The van der Waals surface area contributed by atoms with Crippen LogP contribution in [0.15, 0.2) is 18.2 Å². The van der Waals surface area contributed by atoms with Crippen molar-refractivity contribution in [2.75, 3.05) is 13.1 Å². The molecule has 1 amide bonds. The molecule has 0 unspecified atom stereocenters. The van der Waals surface area contributed by atoms with Crippen molar-refractivity contribution in [1.82, 2.24) is 4.90 Å². The summed E-state index contributed by atoms with van der Waals surface area (Å²) in [5.74, 6) is 0.464. The maximum absolute atomic E-state index is 12.4. The molecule has 2 aliphatic heterocycles. The minimum absolute atomic E-state index is 0.201. The molecule has 0 radical (unpaired) electrons. The molecule has 0 atom stereocenters. The van der Waals surface area contributed by atoms with Gasteiger partial charge in [0.15, 0.2) is 0 Å². The van der Waals surface area contributed by atoms with Gasteiger partial charge in [-0.05, 0) is 90.2 Å². The third-order valence-electron chi connectivity index (χ3n) is 6.66. The Hall–Kier alpha value is -1.53. The highest BCUT2D eigenvalue weighted by atomic mass is 16.7. The molecule has 0 bridgehead atoms. The first-order chi connectivity index (χ1) is 13.8. The summed E-state index contributed by atoms with van der Waals surface area (Å²) in [7, 11) is -0.330. The van der Waals surface area contributed by atoms with Crippen molar-refractivity contribution >= 4 is 18.7 Å². The molecule has 1 aromatic carbocycles.